The maximum atomic E-state index is 11.8. The van der Waals surface area contributed by atoms with Gasteiger partial charge in [-0.15, -0.1) is 0 Å². The Morgan fingerprint density at radius 2 is 1.29 bits per heavy atom. The highest BCUT2D eigenvalue weighted by Crippen LogP contribution is 2.38. The minimum Gasteiger partial charge on any atom is -0.392 e. The first-order valence-corrected chi connectivity index (χ1v) is 17.9. The van der Waals surface area contributed by atoms with E-state index in [1.165, 1.54) is 77.0 Å². The van der Waals surface area contributed by atoms with Crippen LogP contribution in [0.1, 0.15) is 139 Å². The predicted molar refractivity (Wildman–Crippen MR) is 184 cm³/mol. The van der Waals surface area contributed by atoms with Gasteiger partial charge in [-0.05, 0) is 49.5 Å². The predicted octanol–water partition coefficient (Wildman–Crippen LogP) is 8.57. The zero-order valence-corrected chi connectivity index (χ0v) is 28.4. The van der Waals surface area contributed by atoms with Gasteiger partial charge in [-0.25, -0.2) is 4.79 Å². The third-order valence-corrected chi connectivity index (χ3v) is 8.77. The van der Waals surface area contributed by atoms with Gasteiger partial charge in [-0.3, -0.25) is 0 Å². The molecule has 2 aromatic carbocycles. The van der Waals surface area contributed by atoms with E-state index in [2.05, 4.69) is 53.6 Å². The van der Waals surface area contributed by atoms with Gasteiger partial charge in [0.2, 0.25) is 0 Å². The number of ether oxygens (including phenoxy) is 2. The number of nitrogens with one attached hydrogen (secondary N) is 2. The first kappa shape index (κ1) is 37.0. The maximum Gasteiger partial charge on any atom is 0.315 e. The smallest absolute Gasteiger partial charge is 0.315 e. The molecule has 1 aliphatic heterocycles. The molecule has 2 amide bonds. The third-order valence-electron chi connectivity index (χ3n) is 8.77. The molecule has 45 heavy (non-hydrogen) atoms. The fourth-order valence-electron chi connectivity index (χ4n) is 6.04. The van der Waals surface area contributed by atoms with Gasteiger partial charge in [0.05, 0.1) is 18.8 Å². The van der Waals surface area contributed by atoms with Crippen LogP contribution in [0, 0.1) is 0 Å². The van der Waals surface area contributed by atoms with Crippen molar-refractivity contribution in [1.82, 2.24) is 15.5 Å². The normalized spacial score (nSPS) is 18.3. The van der Waals surface area contributed by atoms with Gasteiger partial charge < -0.3 is 30.1 Å². The molecule has 7 nitrogen and oxygen atoms in total. The van der Waals surface area contributed by atoms with Crippen LogP contribution >= 0.6 is 0 Å². The molecular weight excluding hydrogens is 562 g/mol. The molecule has 0 saturated carbocycles. The van der Waals surface area contributed by atoms with Gasteiger partial charge in [0.15, 0.2) is 6.29 Å². The van der Waals surface area contributed by atoms with Crippen molar-refractivity contribution in [1.29, 1.82) is 0 Å². The lowest BCUT2D eigenvalue weighted by molar-refractivity contribution is -0.253. The summed E-state index contributed by atoms with van der Waals surface area (Å²) in [5.74, 6) is 0. The number of nitrogens with zero attached hydrogens (tertiary/aromatic N) is 1. The third kappa shape index (κ3) is 14.2. The molecule has 1 heterocycles. The van der Waals surface area contributed by atoms with Crippen LogP contribution < -0.4 is 10.6 Å². The molecule has 7 heteroatoms. The lowest BCUT2D eigenvalue weighted by atomic mass is 9.99. The van der Waals surface area contributed by atoms with Crippen LogP contribution in [0.4, 0.5) is 4.79 Å². The van der Waals surface area contributed by atoms with E-state index in [0.717, 1.165) is 48.3 Å². The van der Waals surface area contributed by atoms with Crippen LogP contribution in [-0.4, -0.2) is 48.3 Å². The Bertz CT molecular complexity index is 1030. The van der Waals surface area contributed by atoms with Crippen molar-refractivity contribution in [3.63, 3.8) is 0 Å². The van der Waals surface area contributed by atoms with Crippen molar-refractivity contribution in [3.05, 3.63) is 70.8 Å². The van der Waals surface area contributed by atoms with Gasteiger partial charge in [0.25, 0.3) is 0 Å². The molecule has 3 N–H and O–H groups in total. The fraction of sp³-hybridized carbons (Fsp3) is 0.658. The van der Waals surface area contributed by atoms with E-state index in [4.69, 9.17) is 9.47 Å². The van der Waals surface area contributed by atoms with Crippen molar-refractivity contribution in [2.75, 3.05) is 26.2 Å². The van der Waals surface area contributed by atoms with Crippen molar-refractivity contribution in [2.45, 2.75) is 136 Å². The largest absolute Gasteiger partial charge is 0.392 e. The van der Waals surface area contributed by atoms with Crippen LogP contribution in [0.3, 0.4) is 0 Å². The first-order valence-electron chi connectivity index (χ1n) is 17.9. The lowest BCUT2D eigenvalue weighted by Crippen LogP contribution is -2.40. The van der Waals surface area contributed by atoms with Crippen LogP contribution in [0.15, 0.2) is 48.5 Å². The minimum atomic E-state index is -0.471. The van der Waals surface area contributed by atoms with Crippen LogP contribution in [0.2, 0.25) is 0 Å². The Hall–Kier alpha value is -2.45. The summed E-state index contributed by atoms with van der Waals surface area (Å²) >= 11 is 0. The van der Waals surface area contributed by atoms with E-state index in [0.29, 0.717) is 13.1 Å². The molecule has 0 unspecified atom stereocenters. The average Bonchev–Trinajstić information content (AvgIpc) is 3.07. The summed E-state index contributed by atoms with van der Waals surface area (Å²) in [6.45, 7) is 10.7. The van der Waals surface area contributed by atoms with E-state index in [9.17, 15) is 9.90 Å². The molecule has 0 bridgehead atoms. The Morgan fingerprint density at radius 1 is 0.733 bits per heavy atom. The SMILES string of the molecule is CCCCCCCCN(CCCCCCCC)C[C@H]1C[C@@H](c2ccc(CO)cc2)O[C@@H](c2ccc(CNC(=O)NCC)cc2)O1. The molecule has 252 valence electrons. The molecule has 0 aromatic heterocycles. The number of urea groups is 1. The molecule has 1 fully saturated rings. The van der Waals surface area contributed by atoms with Gasteiger partial charge >= 0.3 is 6.03 Å². The van der Waals surface area contributed by atoms with Gasteiger partial charge in [-0.2, -0.15) is 0 Å². The number of aliphatic hydroxyl groups is 1. The second kappa shape index (κ2) is 22.1. The molecule has 2 aromatic rings. The van der Waals surface area contributed by atoms with Crippen molar-refractivity contribution < 1.29 is 19.4 Å². The molecular formula is C38H61N3O4. The first-order chi connectivity index (χ1) is 22.1. The summed E-state index contributed by atoms with van der Waals surface area (Å²) in [5.41, 5.74) is 4.03. The Morgan fingerprint density at radius 3 is 1.87 bits per heavy atom. The minimum absolute atomic E-state index is 0.0350. The Kier molecular flexibility index (Phi) is 18.2. The molecule has 3 rings (SSSR count). The monoisotopic (exact) mass is 623 g/mol. The zero-order chi connectivity index (χ0) is 32.1. The van der Waals surface area contributed by atoms with Gasteiger partial charge in [0.1, 0.15) is 0 Å². The number of hydrogen-bond acceptors (Lipinski definition) is 5. The van der Waals surface area contributed by atoms with Crippen LogP contribution in [-0.2, 0) is 22.6 Å². The number of rotatable bonds is 22. The van der Waals surface area contributed by atoms with Crippen molar-refractivity contribution in [3.8, 4) is 0 Å². The standard InChI is InChI=1S/C38H61N3O4/c1-4-7-9-11-13-15-25-41(26-16-14-12-10-8-5-2)29-35-27-36(33-21-19-32(30-42)20-22-33)45-37(44-35)34-23-17-31(18-24-34)28-40-38(43)39-6-3/h17-24,35-37,42H,4-16,25-30H2,1-3H3,(H2,39,40,43)/t35-,36+,37+/m1/s1. The Labute approximate surface area is 273 Å². The molecule has 0 spiro atoms. The quantitative estimate of drug-likeness (QED) is 0.115. The van der Waals surface area contributed by atoms with Crippen LogP contribution in [0.25, 0.3) is 0 Å². The topological polar surface area (TPSA) is 83.1 Å². The van der Waals surface area contributed by atoms with E-state index in [1.54, 1.807) is 0 Å². The van der Waals surface area contributed by atoms with Crippen molar-refractivity contribution in [2.24, 2.45) is 0 Å². The van der Waals surface area contributed by atoms with Gasteiger partial charge in [-0.1, -0.05) is 127 Å². The van der Waals surface area contributed by atoms with E-state index in [1.807, 2.05) is 31.2 Å². The molecule has 0 radical (unpaired) electrons. The van der Waals surface area contributed by atoms with Crippen LogP contribution in [0.5, 0.6) is 0 Å². The summed E-state index contributed by atoms with van der Waals surface area (Å²) in [5, 5.41) is 15.2. The second-order valence-corrected chi connectivity index (χ2v) is 12.6. The Balaban J connectivity index is 1.69. The average molecular weight is 624 g/mol. The number of carbonyl (C=O) groups excluding carboxylic acids is 1. The number of amides is 2. The van der Waals surface area contributed by atoms with Gasteiger partial charge in [0, 0.05) is 31.6 Å². The maximum absolute atomic E-state index is 11.8. The second-order valence-electron chi connectivity index (χ2n) is 12.6. The number of unbranched alkanes of at least 4 members (excludes halogenated alkanes) is 10. The summed E-state index contributed by atoms with van der Waals surface area (Å²) in [6.07, 6.45) is 15.9. The number of carbonyl (C=O) groups is 1. The van der Waals surface area contributed by atoms with Crippen molar-refractivity contribution >= 4 is 6.03 Å². The summed E-state index contributed by atoms with van der Waals surface area (Å²) in [6, 6.07) is 16.1. The molecule has 3 atom stereocenters. The number of hydrogen-bond donors (Lipinski definition) is 3. The highest BCUT2D eigenvalue weighted by molar-refractivity contribution is 5.73. The van der Waals surface area contributed by atoms with E-state index in [-0.39, 0.29) is 24.8 Å². The summed E-state index contributed by atoms with van der Waals surface area (Å²) in [4.78, 5) is 14.5. The van der Waals surface area contributed by atoms with E-state index >= 15 is 0 Å². The highest BCUT2D eigenvalue weighted by Gasteiger charge is 2.33. The number of benzene rings is 2. The number of aliphatic hydroxyl groups excluding tert-OH is 1. The summed E-state index contributed by atoms with van der Waals surface area (Å²) < 4.78 is 13.3. The van der Waals surface area contributed by atoms with E-state index < -0.39 is 6.29 Å². The fourth-order valence-corrected chi connectivity index (χ4v) is 6.04. The molecule has 1 saturated heterocycles. The molecule has 0 aliphatic carbocycles. The summed E-state index contributed by atoms with van der Waals surface area (Å²) in [7, 11) is 0. The molecule has 1 aliphatic rings. The zero-order valence-electron chi connectivity index (χ0n) is 28.4. The lowest BCUT2D eigenvalue weighted by Gasteiger charge is -2.38. The highest BCUT2D eigenvalue weighted by atomic mass is 16.7.